The van der Waals surface area contributed by atoms with Crippen molar-refractivity contribution in [1.29, 1.82) is 0 Å². The maximum absolute atomic E-state index is 10.1. The Morgan fingerprint density at radius 3 is 1.12 bits per heavy atom. The number of para-hydroxylation sites is 3. The van der Waals surface area contributed by atoms with Crippen molar-refractivity contribution in [2.75, 3.05) is 82.2 Å². The maximum Gasteiger partial charge on any atom is 1.00 e. The Balaban J connectivity index is 0.000000852. The minimum Gasteiger partial charge on any atom is -0.850 e. The molecule has 4 rings (SSSR count). The molecule has 0 unspecified atom stereocenters. The third-order valence-corrected chi connectivity index (χ3v) is 7.54. The molecule has 0 saturated heterocycles. The molecule has 49 heavy (non-hydrogen) atoms. The summed E-state index contributed by atoms with van der Waals surface area (Å²) in [5.74, 6) is 0. The van der Waals surface area contributed by atoms with E-state index in [0.717, 1.165) is 43.7 Å². The van der Waals surface area contributed by atoms with E-state index < -0.39 is 5.60 Å². The summed E-state index contributed by atoms with van der Waals surface area (Å²) in [6.07, 6.45) is 3.94. The van der Waals surface area contributed by atoms with E-state index in [0.29, 0.717) is 0 Å². The van der Waals surface area contributed by atoms with Crippen LogP contribution < -0.4 is 60.0 Å². The normalized spacial score (nSPS) is 10.1. The molecule has 0 bridgehead atoms. The zero-order valence-electron chi connectivity index (χ0n) is 31.5. The molecule has 6 nitrogen and oxygen atoms in total. The number of nitrogens with zero attached hydrogens (tertiary/aromatic N) is 3. The van der Waals surface area contributed by atoms with Gasteiger partial charge in [-0.3, -0.25) is 0 Å². The van der Waals surface area contributed by atoms with Crippen molar-refractivity contribution >= 4 is 33.0 Å². The summed E-state index contributed by atoms with van der Waals surface area (Å²) in [5.41, 5.74) is 3.04. The summed E-state index contributed by atoms with van der Waals surface area (Å²) in [6.45, 7) is 11.1. The third kappa shape index (κ3) is 26.2. The van der Waals surface area contributed by atoms with Crippen molar-refractivity contribution < 1.29 is 34.7 Å². The van der Waals surface area contributed by atoms with Crippen molar-refractivity contribution in [1.82, 2.24) is 10.6 Å². The van der Waals surface area contributed by atoms with Crippen molar-refractivity contribution in [2.24, 2.45) is 0 Å². The third-order valence-electron chi connectivity index (χ3n) is 7.01. The molecule has 8 heteroatoms. The number of anilines is 3. The average molecular weight is 743 g/mol. The first-order valence-corrected chi connectivity index (χ1v) is 17.9. The van der Waals surface area contributed by atoms with Gasteiger partial charge in [0.1, 0.15) is 0 Å². The van der Waals surface area contributed by atoms with Gasteiger partial charge in [0.15, 0.2) is 0 Å². The summed E-state index contributed by atoms with van der Waals surface area (Å²) >= 11 is 3.31. The van der Waals surface area contributed by atoms with E-state index in [2.05, 4.69) is 146 Å². The summed E-state index contributed by atoms with van der Waals surface area (Å²) < 4.78 is 1.13. The second-order valence-electron chi connectivity index (χ2n) is 12.5. The van der Waals surface area contributed by atoms with Gasteiger partial charge >= 0.3 is 29.6 Å². The van der Waals surface area contributed by atoms with Crippen molar-refractivity contribution in [3.63, 3.8) is 0 Å². The number of hydrogen-bond donors (Lipinski definition) is 2. The number of unbranched alkanes of at least 4 members (excludes halogenated alkanes) is 2. The SMILES string of the molecule is Brc1ccccc1.CC(C)(C)[O-].CN(CCN(CCN(C)c1ccccc1)c1ccccc1)c1ccccc1.CNCCCCCNC.[Na+]. The fourth-order valence-electron chi connectivity index (χ4n) is 4.37. The van der Waals surface area contributed by atoms with Crippen LogP contribution in [-0.2, 0) is 0 Å². The number of likely N-dealkylation sites (N-methyl/N-ethyl adjacent to an activating group) is 2. The van der Waals surface area contributed by atoms with Gasteiger partial charge < -0.3 is 30.4 Å². The number of hydrogen-bond acceptors (Lipinski definition) is 6. The number of halogens is 1. The van der Waals surface area contributed by atoms with E-state index in [9.17, 15) is 5.11 Å². The summed E-state index contributed by atoms with van der Waals surface area (Å²) in [6, 6.07) is 41.8. The quantitative estimate of drug-likeness (QED) is 0.133. The van der Waals surface area contributed by atoms with E-state index in [1.807, 2.05) is 44.4 Å². The van der Waals surface area contributed by atoms with Crippen LogP contribution in [0.2, 0.25) is 0 Å². The van der Waals surface area contributed by atoms with E-state index in [4.69, 9.17) is 0 Å². The first-order valence-electron chi connectivity index (χ1n) is 17.1. The van der Waals surface area contributed by atoms with Crippen LogP contribution in [0.4, 0.5) is 17.1 Å². The van der Waals surface area contributed by atoms with E-state index in [1.165, 1.54) is 36.3 Å². The standard InChI is InChI=1S/C24H29N3.C7H18N2.C6H5Br.C4H9O.Na/c1-25(22-12-6-3-7-13-22)18-20-27(24-16-10-5-11-17-24)21-19-26(2)23-14-8-4-9-15-23;1-8-6-4-3-5-7-9-2;7-6-4-2-1-3-5-6;1-4(2,3)5;/h3-17H,18-21H2,1-2H3;8-9H,3-7H2,1-2H3;1-5H;1-3H3;/q;;;-1;+1. The van der Waals surface area contributed by atoms with Gasteiger partial charge in [0, 0.05) is 61.8 Å². The molecule has 264 valence electrons. The van der Waals surface area contributed by atoms with Gasteiger partial charge in [-0.15, -0.1) is 5.60 Å². The number of rotatable bonds is 15. The largest absolute Gasteiger partial charge is 1.00 e. The fraction of sp³-hybridized carbons (Fsp3) is 0.415. The molecule has 4 aromatic carbocycles. The molecule has 0 fully saturated rings. The monoisotopic (exact) mass is 741 g/mol. The van der Waals surface area contributed by atoms with Crippen LogP contribution in [0, 0.1) is 0 Å². The van der Waals surface area contributed by atoms with Gasteiger partial charge in [0.2, 0.25) is 0 Å². The maximum atomic E-state index is 10.1. The Morgan fingerprint density at radius 1 is 0.531 bits per heavy atom. The topological polar surface area (TPSA) is 56.8 Å². The summed E-state index contributed by atoms with van der Waals surface area (Å²) in [7, 11) is 8.32. The molecule has 0 aliphatic carbocycles. The molecule has 0 saturated carbocycles. The van der Waals surface area contributed by atoms with Gasteiger partial charge in [-0.05, 0) is 88.6 Å². The Kier molecular flexibility index (Phi) is 28.0. The average Bonchev–Trinajstić information content (AvgIpc) is 3.09. The van der Waals surface area contributed by atoms with Crippen LogP contribution in [-0.4, -0.2) is 73.1 Å². The zero-order chi connectivity index (χ0) is 35.5. The predicted molar refractivity (Wildman–Crippen MR) is 214 cm³/mol. The molecule has 0 heterocycles. The zero-order valence-corrected chi connectivity index (χ0v) is 35.1. The molecule has 0 aliphatic heterocycles. The second kappa shape index (κ2) is 29.4. The Labute approximate surface area is 329 Å². The van der Waals surface area contributed by atoms with E-state index in [1.54, 1.807) is 20.8 Å². The van der Waals surface area contributed by atoms with E-state index in [-0.39, 0.29) is 29.6 Å². The van der Waals surface area contributed by atoms with Crippen molar-refractivity contribution in [3.05, 3.63) is 126 Å². The van der Waals surface area contributed by atoms with Crippen LogP contribution in [0.3, 0.4) is 0 Å². The van der Waals surface area contributed by atoms with E-state index >= 15 is 0 Å². The molecule has 0 amide bonds. The Hall–Kier alpha value is -2.36. The van der Waals surface area contributed by atoms with Gasteiger partial charge in [-0.25, -0.2) is 0 Å². The molecule has 0 aromatic heterocycles. The van der Waals surface area contributed by atoms with Gasteiger partial charge in [0.05, 0.1) is 0 Å². The second-order valence-corrected chi connectivity index (χ2v) is 13.4. The molecule has 4 aromatic rings. The minimum atomic E-state index is -0.750. The van der Waals surface area contributed by atoms with Crippen molar-refractivity contribution in [3.8, 4) is 0 Å². The van der Waals surface area contributed by atoms with Crippen LogP contribution in [0.5, 0.6) is 0 Å². The van der Waals surface area contributed by atoms with Crippen LogP contribution in [0.1, 0.15) is 40.0 Å². The molecule has 0 radical (unpaired) electrons. The molecule has 2 N–H and O–H groups in total. The van der Waals surface area contributed by atoms with Crippen LogP contribution >= 0.6 is 15.9 Å². The number of nitrogens with one attached hydrogen (secondary N) is 2. The first kappa shape index (κ1) is 46.6. The van der Waals surface area contributed by atoms with Gasteiger partial charge in [0.25, 0.3) is 0 Å². The fourth-order valence-corrected chi connectivity index (χ4v) is 4.67. The number of benzene rings is 4. The van der Waals surface area contributed by atoms with Gasteiger partial charge in [-0.2, -0.15) is 0 Å². The summed E-state index contributed by atoms with van der Waals surface area (Å²) in [5, 5.41) is 16.4. The molecule has 0 spiro atoms. The molecule has 0 aliphatic rings. The van der Waals surface area contributed by atoms with Crippen molar-refractivity contribution in [2.45, 2.75) is 45.6 Å². The minimum absolute atomic E-state index is 0. The van der Waals surface area contributed by atoms with Gasteiger partial charge in [-0.1, -0.05) is 116 Å². The Morgan fingerprint density at radius 2 is 0.837 bits per heavy atom. The first-order chi connectivity index (χ1) is 23.0. The molecular weight excluding hydrogens is 681 g/mol. The Bertz CT molecular complexity index is 1200. The molecular formula is C41H61BrN5NaO. The van der Waals surface area contributed by atoms with Crippen LogP contribution in [0.15, 0.2) is 126 Å². The summed E-state index contributed by atoms with van der Waals surface area (Å²) in [4.78, 5) is 7.10. The smallest absolute Gasteiger partial charge is 0.850 e. The predicted octanol–water partition coefficient (Wildman–Crippen LogP) is 4.96. The molecule has 0 atom stereocenters. The van der Waals surface area contributed by atoms with Crippen LogP contribution in [0.25, 0.3) is 0 Å².